The second-order valence-corrected chi connectivity index (χ2v) is 10.6. The van der Waals surface area contributed by atoms with Gasteiger partial charge in [0.05, 0.1) is 11.4 Å². The van der Waals surface area contributed by atoms with E-state index in [2.05, 4.69) is 5.32 Å². The molecule has 7 nitrogen and oxygen atoms in total. The van der Waals surface area contributed by atoms with Gasteiger partial charge in [0.15, 0.2) is 0 Å². The first-order valence-corrected chi connectivity index (χ1v) is 12.7. The highest BCUT2D eigenvalue weighted by Gasteiger charge is 2.28. The highest BCUT2D eigenvalue weighted by molar-refractivity contribution is 7.89. The van der Waals surface area contributed by atoms with Crippen LogP contribution in [0.5, 0.6) is 0 Å². The minimum Gasteiger partial charge on any atom is -0.480 e. The van der Waals surface area contributed by atoms with Crippen molar-refractivity contribution in [2.24, 2.45) is 0 Å². The van der Waals surface area contributed by atoms with Gasteiger partial charge in [0.25, 0.3) is 0 Å². The third-order valence-corrected chi connectivity index (χ3v) is 7.88. The van der Waals surface area contributed by atoms with Crippen LogP contribution in [0.15, 0.2) is 77.0 Å². The third kappa shape index (κ3) is 6.98. The molecule has 0 spiro atoms. The summed E-state index contributed by atoms with van der Waals surface area (Å²) in [5.74, 6) is -1.85. The summed E-state index contributed by atoms with van der Waals surface area (Å²) in [5.41, 5.74) is 1.68. The zero-order valence-corrected chi connectivity index (χ0v) is 19.8. The Labute approximate surface area is 197 Å². The van der Waals surface area contributed by atoms with Gasteiger partial charge >= 0.3 is 5.97 Å². The Kier molecular flexibility index (Phi) is 8.37. The van der Waals surface area contributed by atoms with Crippen molar-refractivity contribution in [1.82, 2.24) is 9.62 Å². The first kappa shape index (κ1) is 24.6. The molecule has 33 heavy (non-hydrogen) atoms. The number of aryl methyl sites for hydroxylation is 1. The van der Waals surface area contributed by atoms with Gasteiger partial charge in [-0.1, -0.05) is 54.1 Å². The molecule has 0 saturated heterocycles. The molecule has 3 rings (SSSR count). The van der Waals surface area contributed by atoms with Gasteiger partial charge in [0.1, 0.15) is 6.04 Å². The predicted molar refractivity (Wildman–Crippen MR) is 128 cm³/mol. The molecule has 1 heterocycles. The second kappa shape index (κ2) is 11.2. The lowest BCUT2D eigenvalue weighted by Gasteiger charge is -2.23. The molecule has 1 amide bonds. The van der Waals surface area contributed by atoms with Crippen LogP contribution in [0.2, 0.25) is 0 Å². The molecule has 2 aromatic carbocycles. The van der Waals surface area contributed by atoms with Gasteiger partial charge in [0.2, 0.25) is 15.9 Å². The minimum atomic E-state index is -3.95. The first-order chi connectivity index (χ1) is 15.8. The number of carbonyl (C=O) groups excluding carboxylic acids is 1. The van der Waals surface area contributed by atoms with Crippen molar-refractivity contribution < 1.29 is 23.1 Å². The van der Waals surface area contributed by atoms with Gasteiger partial charge in [-0.05, 0) is 42.5 Å². The van der Waals surface area contributed by atoms with Crippen LogP contribution < -0.4 is 5.32 Å². The normalized spacial score (nSPS) is 12.4. The third-order valence-electron chi connectivity index (χ3n) is 5.08. The molecule has 0 aliphatic rings. The average Bonchev–Trinajstić information content (AvgIpc) is 3.30. The number of nitrogens with one attached hydrogen (secondary N) is 1. The maximum absolute atomic E-state index is 13.3. The number of hydrogen-bond acceptors (Lipinski definition) is 5. The lowest BCUT2D eigenvalue weighted by atomic mass is 10.1. The molecule has 174 valence electrons. The molecule has 0 saturated carbocycles. The maximum atomic E-state index is 13.3. The SMILES string of the molecule is Cc1ccc(S(=O)(=O)N(CCc2cccs2)CC(=O)N[C@@H](Cc2ccccc2)C(=O)O)cc1. The number of carboxylic acid groups (broad SMARTS) is 1. The standard InChI is InChI=1S/C24H26N2O5S2/c1-18-9-11-21(12-10-18)33(30,31)26(14-13-20-8-5-15-32-20)17-23(27)25-22(24(28)29)16-19-6-3-2-4-7-19/h2-12,15,22H,13-14,16-17H2,1H3,(H,25,27)(H,28,29)/t22-/m0/s1. The van der Waals surface area contributed by atoms with E-state index in [1.807, 2.05) is 30.5 Å². The Hall–Kier alpha value is -3.01. The number of amides is 1. The van der Waals surface area contributed by atoms with E-state index < -0.39 is 34.5 Å². The van der Waals surface area contributed by atoms with Gasteiger partial charge in [-0.15, -0.1) is 11.3 Å². The molecule has 2 N–H and O–H groups in total. The molecule has 0 bridgehead atoms. The van der Waals surface area contributed by atoms with Crippen LogP contribution >= 0.6 is 11.3 Å². The Balaban J connectivity index is 1.76. The summed E-state index contributed by atoms with van der Waals surface area (Å²) in [5, 5.41) is 13.9. The molecule has 9 heteroatoms. The molecule has 0 fully saturated rings. The molecule has 3 aromatic rings. The summed E-state index contributed by atoms with van der Waals surface area (Å²) in [6.45, 7) is 1.48. The van der Waals surface area contributed by atoms with Crippen molar-refractivity contribution in [2.75, 3.05) is 13.1 Å². The zero-order valence-electron chi connectivity index (χ0n) is 18.2. The van der Waals surface area contributed by atoms with E-state index in [0.29, 0.717) is 6.42 Å². The fraction of sp³-hybridized carbons (Fsp3) is 0.250. The van der Waals surface area contributed by atoms with Crippen LogP contribution in [0.25, 0.3) is 0 Å². The first-order valence-electron chi connectivity index (χ1n) is 10.4. The van der Waals surface area contributed by atoms with Gasteiger partial charge in [-0.3, -0.25) is 4.79 Å². The average molecular weight is 487 g/mol. The number of nitrogens with zero attached hydrogens (tertiary/aromatic N) is 1. The molecule has 0 radical (unpaired) electrons. The number of sulfonamides is 1. The summed E-state index contributed by atoms with van der Waals surface area (Å²) in [4.78, 5) is 25.6. The second-order valence-electron chi connectivity index (χ2n) is 7.63. The van der Waals surface area contributed by atoms with E-state index in [0.717, 1.165) is 20.3 Å². The summed E-state index contributed by atoms with van der Waals surface area (Å²) < 4.78 is 27.7. The Bertz CT molecular complexity index is 1160. The van der Waals surface area contributed by atoms with Gasteiger partial charge in [0, 0.05) is 17.8 Å². The molecular weight excluding hydrogens is 460 g/mol. The van der Waals surface area contributed by atoms with Gasteiger partial charge in [-0.2, -0.15) is 4.31 Å². The van der Waals surface area contributed by atoms with Crippen molar-refractivity contribution in [1.29, 1.82) is 0 Å². The highest BCUT2D eigenvalue weighted by Crippen LogP contribution is 2.18. The highest BCUT2D eigenvalue weighted by atomic mass is 32.2. The van der Waals surface area contributed by atoms with Crippen LogP contribution in [-0.2, 0) is 32.5 Å². The summed E-state index contributed by atoms with van der Waals surface area (Å²) in [7, 11) is -3.95. The lowest BCUT2D eigenvalue weighted by molar-refractivity contribution is -0.141. The van der Waals surface area contributed by atoms with Crippen LogP contribution in [0.1, 0.15) is 16.0 Å². The predicted octanol–water partition coefficient (Wildman–Crippen LogP) is 3.10. The quantitative estimate of drug-likeness (QED) is 0.433. The van der Waals surface area contributed by atoms with Crippen molar-refractivity contribution >= 4 is 33.2 Å². The van der Waals surface area contributed by atoms with Gasteiger partial charge in [-0.25, -0.2) is 13.2 Å². The number of thiophene rings is 1. The molecule has 0 aliphatic heterocycles. The zero-order chi connectivity index (χ0) is 23.8. The number of carbonyl (C=O) groups is 2. The summed E-state index contributed by atoms with van der Waals surface area (Å²) >= 11 is 1.51. The van der Waals surface area contributed by atoms with Crippen LogP contribution in [-0.4, -0.2) is 48.8 Å². The number of carboxylic acids is 1. The topological polar surface area (TPSA) is 104 Å². The molecule has 0 unspecified atom stereocenters. The van der Waals surface area contributed by atoms with Crippen molar-refractivity contribution in [3.8, 4) is 0 Å². The van der Waals surface area contributed by atoms with E-state index in [-0.39, 0.29) is 17.9 Å². The Morgan fingerprint density at radius 3 is 2.33 bits per heavy atom. The summed E-state index contributed by atoms with van der Waals surface area (Å²) in [6, 6.07) is 18.0. The van der Waals surface area contributed by atoms with E-state index in [9.17, 15) is 23.1 Å². The van der Waals surface area contributed by atoms with Crippen LogP contribution in [0.4, 0.5) is 0 Å². The molecule has 1 aromatic heterocycles. The number of rotatable bonds is 11. The smallest absolute Gasteiger partial charge is 0.326 e. The van der Waals surface area contributed by atoms with Crippen molar-refractivity contribution in [3.63, 3.8) is 0 Å². The van der Waals surface area contributed by atoms with Crippen molar-refractivity contribution in [2.45, 2.75) is 30.7 Å². The lowest BCUT2D eigenvalue weighted by Crippen LogP contribution is -2.48. The Morgan fingerprint density at radius 1 is 1.03 bits per heavy atom. The van der Waals surface area contributed by atoms with E-state index in [4.69, 9.17) is 0 Å². The number of benzene rings is 2. The monoisotopic (exact) mass is 486 g/mol. The van der Waals surface area contributed by atoms with E-state index in [1.54, 1.807) is 36.4 Å². The summed E-state index contributed by atoms with van der Waals surface area (Å²) in [6.07, 6.45) is 0.546. The van der Waals surface area contributed by atoms with Crippen LogP contribution in [0.3, 0.4) is 0 Å². The molecule has 0 aliphatic carbocycles. The fourth-order valence-electron chi connectivity index (χ4n) is 3.28. The van der Waals surface area contributed by atoms with Gasteiger partial charge < -0.3 is 10.4 Å². The van der Waals surface area contributed by atoms with Crippen molar-refractivity contribution in [3.05, 3.63) is 88.1 Å². The molecular formula is C24H26N2O5S2. The van der Waals surface area contributed by atoms with Crippen LogP contribution in [0, 0.1) is 6.92 Å². The largest absolute Gasteiger partial charge is 0.480 e. The Morgan fingerprint density at radius 2 is 1.73 bits per heavy atom. The number of hydrogen-bond donors (Lipinski definition) is 2. The minimum absolute atomic E-state index is 0.0890. The molecule has 1 atom stereocenters. The van der Waals surface area contributed by atoms with E-state index >= 15 is 0 Å². The number of aliphatic carboxylic acids is 1. The maximum Gasteiger partial charge on any atom is 0.326 e. The van der Waals surface area contributed by atoms with E-state index in [1.165, 1.54) is 23.5 Å². The fourth-order valence-corrected chi connectivity index (χ4v) is 5.38.